The summed E-state index contributed by atoms with van der Waals surface area (Å²) in [7, 11) is 0. The van der Waals surface area contributed by atoms with Crippen molar-refractivity contribution < 1.29 is 13.6 Å². The summed E-state index contributed by atoms with van der Waals surface area (Å²) in [4.78, 5) is 15.7. The lowest BCUT2D eigenvalue weighted by atomic mass is 10.1. The minimum atomic E-state index is -0.569. The first-order chi connectivity index (χ1) is 10.0. The van der Waals surface area contributed by atoms with Crippen LogP contribution in [0.4, 0.5) is 8.78 Å². The van der Waals surface area contributed by atoms with E-state index in [0.29, 0.717) is 44.7 Å². The van der Waals surface area contributed by atoms with Crippen molar-refractivity contribution in [1.29, 1.82) is 0 Å². The minimum Gasteiger partial charge on any atom is -0.340 e. The molecule has 1 aliphatic heterocycles. The van der Waals surface area contributed by atoms with E-state index in [-0.39, 0.29) is 36.8 Å². The molecule has 1 aromatic carbocycles. The highest BCUT2D eigenvalue weighted by atomic mass is 35.5. The van der Waals surface area contributed by atoms with Crippen LogP contribution in [0.25, 0.3) is 0 Å². The summed E-state index contributed by atoms with van der Waals surface area (Å²) < 4.78 is 26.8. The number of carbonyl (C=O) groups excluding carboxylic acids is 1. The molecule has 0 saturated carbocycles. The maximum Gasteiger partial charge on any atom is 0.223 e. The topological polar surface area (TPSA) is 49.6 Å². The number of nitrogens with two attached hydrogens (primary N) is 1. The summed E-state index contributed by atoms with van der Waals surface area (Å²) in [6.45, 7) is 4.84. The Morgan fingerprint density at radius 3 is 2.35 bits per heavy atom. The van der Waals surface area contributed by atoms with Gasteiger partial charge in [0.1, 0.15) is 11.6 Å². The fraction of sp³-hybridized carbons (Fsp3) is 0.533. The number of carbonyl (C=O) groups is 1. The number of halogens is 4. The van der Waals surface area contributed by atoms with Gasteiger partial charge in [-0.1, -0.05) is 6.07 Å². The first-order valence-electron chi connectivity index (χ1n) is 7.19. The number of nitrogens with zero attached hydrogens (tertiary/aromatic N) is 2. The van der Waals surface area contributed by atoms with Crippen LogP contribution in [0.5, 0.6) is 0 Å². The molecule has 8 heteroatoms. The smallest absolute Gasteiger partial charge is 0.223 e. The molecule has 1 atom stereocenters. The Labute approximate surface area is 147 Å². The second-order valence-electron chi connectivity index (χ2n) is 5.30. The Morgan fingerprint density at radius 2 is 1.83 bits per heavy atom. The van der Waals surface area contributed by atoms with Crippen molar-refractivity contribution in [2.75, 3.05) is 32.7 Å². The van der Waals surface area contributed by atoms with E-state index in [1.165, 1.54) is 12.1 Å². The molecule has 1 saturated heterocycles. The van der Waals surface area contributed by atoms with Crippen LogP contribution in [0.3, 0.4) is 0 Å². The van der Waals surface area contributed by atoms with Crippen LogP contribution in [0.2, 0.25) is 0 Å². The number of amides is 1. The SMILES string of the molecule is CC(c1ccc(F)cc1F)N1CCN(C(=O)CCN)CC1.Cl.Cl. The fourth-order valence-corrected chi connectivity index (χ4v) is 2.68. The van der Waals surface area contributed by atoms with Gasteiger partial charge in [-0.05, 0) is 13.0 Å². The molecule has 2 N–H and O–H groups in total. The monoisotopic (exact) mass is 369 g/mol. The summed E-state index contributed by atoms with van der Waals surface area (Å²) in [6, 6.07) is 3.53. The van der Waals surface area contributed by atoms with E-state index >= 15 is 0 Å². The van der Waals surface area contributed by atoms with Gasteiger partial charge in [0.05, 0.1) is 0 Å². The third kappa shape index (κ3) is 5.57. The van der Waals surface area contributed by atoms with Gasteiger partial charge in [0, 0.05) is 56.8 Å². The maximum atomic E-state index is 13.8. The molecule has 1 aromatic rings. The van der Waals surface area contributed by atoms with Crippen molar-refractivity contribution in [3.05, 3.63) is 35.4 Å². The molecule has 2 rings (SSSR count). The van der Waals surface area contributed by atoms with Crippen LogP contribution >= 0.6 is 24.8 Å². The van der Waals surface area contributed by atoms with Crippen molar-refractivity contribution in [2.45, 2.75) is 19.4 Å². The zero-order valence-electron chi connectivity index (χ0n) is 13.0. The summed E-state index contributed by atoms with van der Waals surface area (Å²) >= 11 is 0. The quantitative estimate of drug-likeness (QED) is 0.886. The van der Waals surface area contributed by atoms with Gasteiger partial charge in [0.2, 0.25) is 5.91 Å². The fourth-order valence-electron chi connectivity index (χ4n) is 2.68. The minimum absolute atomic E-state index is 0. The van der Waals surface area contributed by atoms with Crippen LogP contribution in [-0.4, -0.2) is 48.4 Å². The van der Waals surface area contributed by atoms with Crippen molar-refractivity contribution in [3.63, 3.8) is 0 Å². The molecule has 0 aliphatic carbocycles. The molecule has 0 radical (unpaired) electrons. The van der Waals surface area contributed by atoms with Crippen molar-refractivity contribution in [2.24, 2.45) is 5.73 Å². The van der Waals surface area contributed by atoms with Crippen LogP contribution in [-0.2, 0) is 4.79 Å². The van der Waals surface area contributed by atoms with Gasteiger partial charge in [-0.2, -0.15) is 0 Å². The number of hydrogen-bond donors (Lipinski definition) is 1. The van der Waals surface area contributed by atoms with Crippen molar-refractivity contribution in [3.8, 4) is 0 Å². The van der Waals surface area contributed by atoms with Gasteiger partial charge < -0.3 is 10.6 Å². The van der Waals surface area contributed by atoms with Crippen molar-refractivity contribution in [1.82, 2.24) is 9.80 Å². The zero-order valence-corrected chi connectivity index (χ0v) is 14.6. The molecule has 23 heavy (non-hydrogen) atoms. The predicted octanol–water partition coefficient (Wildman–Crippen LogP) is 2.36. The predicted molar refractivity (Wildman–Crippen MR) is 91.1 cm³/mol. The molecule has 0 spiro atoms. The van der Waals surface area contributed by atoms with Gasteiger partial charge in [0.15, 0.2) is 0 Å². The normalized spacial score (nSPS) is 16.3. The third-order valence-corrected chi connectivity index (χ3v) is 3.99. The summed E-state index contributed by atoms with van der Waals surface area (Å²) in [6.07, 6.45) is 0.363. The van der Waals surface area contributed by atoms with E-state index in [4.69, 9.17) is 5.73 Å². The first-order valence-corrected chi connectivity index (χ1v) is 7.19. The van der Waals surface area contributed by atoms with E-state index in [1.54, 1.807) is 4.90 Å². The second-order valence-corrected chi connectivity index (χ2v) is 5.30. The Kier molecular flexibility index (Phi) is 9.61. The summed E-state index contributed by atoms with van der Waals surface area (Å²) in [5.41, 5.74) is 5.87. The standard InChI is InChI=1S/C15H21F2N3O.2ClH/c1-11(13-3-2-12(16)10-14(13)17)19-6-8-20(9-7-19)15(21)4-5-18;;/h2-3,10-11H,4-9,18H2,1H3;2*1H. The Hall–Kier alpha value is -0.950. The highest BCUT2D eigenvalue weighted by Gasteiger charge is 2.25. The molecule has 132 valence electrons. The molecular formula is C15H23Cl2F2N3O. The number of benzene rings is 1. The molecule has 1 fully saturated rings. The lowest BCUT2D eigenvalue weighted by molar-refractivity contribution is -0.133. The van der Waals surface area contributed by atoms with Gasteiger partial charge in [-0.15, -0.1) is 24.8 Å². The zero-order chi connectivity index (χ0) is 15.4. The van der Waals surface area contributed by atoms with Crippen LogP contribution in [0, 0.1) is 11.6 Å². The average molecular weight is 370 g/mol. The maximum absolute atomic E-state index is 13.8. The summed E-state index contributed by atoms with van der Waals surface area (Å²) in [5.74, 6) is -1.03. The van der Waals surface area contributed by atoms with Crippen LogP contribution < -0.4 is 5.73 Å². The van der Waals surface area contributed by atoms with E-state index in [0.717, 1.165) is 6.07 Å². The highest BCUT2D eigenvalue weighted by molar-refractivity contribution is 5.85. The Bertz CT molecular complexity index is 511. The van der Waals surface area contributed by atoms with Gasteiger partial charge in [0.25, 0.3) is 0 Å². The second kappa shape index (κ2) is 10.0. The molecule has 1 unspecified atom stereocenters. The molecule has 1 amide bonds. The third-order valence-electron chi connectivity index (χ3n) is 3.99. The highest BCUT2D eigenvalue weighted by Crippen LogP contribution is 2.24. The first kappa shape index (κ1) is 22.1. The van der Waals surface area contributed by atoms with Gasteiger partial charge >= 0.3 is 0 Å². The van der Waals surface area contributed by atoms with Crippen molar-refractivity contribution >= 4 is 30.7 Å². The Morgan fingerprint density at radius 1 is 1.22 bits per heavy atom. The molecule has 1 aliphatic rings. The molecule has 4 nitrogen and oxygen atoms in total. The largest absolute Gasteiger partial charge is 0.340 e. The van der Waals surface area contributed by atoms with E-state index in [1.807, 2.05) is 6.92 Å². The molecule has 1 heterocycles. The van der Waals surface area contributed by atoms with E-state index in [9.17, 15) is 13.6 Å². The van der Waals surface area contributed by atoms with E-state index in [2.05, 4.69) is 4.90 Å². The molecule has 0 aromatic heterocycles. The lowest BCUT2D eigenvalue weighted by Crippen LogP contribution is -2.49. The van der Waals surface area contributed by atoms with Gasteiger partial charge in [-0.25, -0.2) is 8.78 Å². The Balaban J connectivity index is 0.00000242. The number of hydrogen-bond acceptors (Lipinski definition) is 3. The number of rotatable bonds is 4. The van der Waals surface area contributed by atoms with Crippen LogP contribution in [0.15, 0.2) is 18.2 Å². The molecular weight excluding hydrogens is 347 g/mol. The van der Waals surface area contributed by atoms with Gasteiger partial charge in [-0.3, -0.25) is 9.69 Å². The van der Waals surface area contributed by atoms with E-state index < -0.39 is 11.6 Å². The van der Waals surface area contributed by atoms with Crippen LogP contribution in [0.1, 0.15) is 24.9 Å². The summed E-state index contributed by atoms with van der Waals surface area (Å²) in [5, 5.41) is 0. The number of piperazine rings is 1. The molecule has 0 bridgehead atoms. The average Bonchev–Trinajstić information content (AvgIpc) is 2.47. The lowest BCUT2D eigenvalue weighted by Gasteiger charge is -2.38.